The van der Waals surface area contributed by atoms with Gasteiger partial charge in [0.1, 0.15) is 11.5 Å². The van der Waals surface area contributed by atoms with E-state index in [0.717, 1.165) is 28.7 Å². The van der Waals surface area contributed by atoms with E-state index >= 15 is 0 Å². The minimum absolute atomic E-state index is 0.317. The van der Waals surface area contributed by atoms with Gasteiger partial charge in [-0.15, -0.1) is 11.6 Å². The molecule has 1 unspecified atom stereocenters. The van der Waals surface area contributed by atoms with Gasteiger partial charge in [-0.25, -0.2) is 8.78 Å². The second-order valence-corrected chi connectivity index (χ2v) is 5.20. The van der Waals surface area contributed by atoms with Crippen LogP contribution in [0.1, 0.15) is 33.6 Å². The fourth-order valence-corrected chi connectivity index (χ4v) is 2.74. The van der Waals surface area contributed by atoms with Crippen molar-refractivity contribution in [2.45, 2.75) is 32.6 Å². The molecule has 0 fully saturated rings. The molecule has 0 aliphatic carbocycles. The maximum atomic E-state index is 13.2. The van der Waals surface area contributed by atoms with Crippen LogP contribution in [0, 0.1) is 32.4 Å². The molecule has 0 radical (unpaired) electrons. The molecule has 19 heavy (non-hydrogen) atoms. The van der Waals surface area contributed by atoms with Crippen molar-refractivity contribution in [2.24, 2.45) is 0 Å². The molecular formula is C15H15ClF2O. The summed E-state index contributed by atoms with van der Waals surface area (Å²) in [7, 11) is 0. The van der Waals surface area contributed by atoms with Crippen LogP contribution in [0.25, 0.3) is 0 Å². The SMILES string of the molecule is Cc1oc(C)c(C(Cl)Cc2ccc(F)c(F)c2)c1C. The minimum atomic E-state index is -0.849. The average molecular weight is 285 g/mol. The quantitative estimate of drug-likeness (QED) is 0.723. The smallest absolute Gasteiger partial charge is 0.159 e. The molecule has 0 spiro atoms. The monoisotopic (exact) mass is 284 g/mol. The van der Waals surface area contributed by atoms with Gasteiger partial charge in [0.15, 0.2) is 11.6 Å². The Bertz CT molecular complexity index is 604. The summed E-state index contributed by atoms with van der Waals surface area (Å²) in [6.07, 6.45) is 0.430. The molecule has 102 valence electrons. The first-order valence-electron chi connectivity index (χ1n) is 6.04. The summed E-state index contributed by atoms with van der Waals surface area (Å²) >= 11 is 6.38. The van der Waals surface area contributed by atoms with Gasteiger partial charge in [0.2, 0.25) is 0 Å². The van der Waals surface area contributed by atoms with Gasteiger partial charge in [-0.05, 0) is 50.5 Å². The lowest BCUT2D eigenvalue weighted by Crippen LogP contribution is -1.99. The van der Waals surface area contributed by atoms with Crippen molar-refractivity contribution in [3.8, 4) is 0 Å². The van der Waals surface area contributed by atoms with Crippen molar-refractivity contribution in [3.63, 3.8) is 0 Å². The third-order valence-electron chi connectivity index (χ3n) is 3.33. The summed E-state index contributed by atoms with van der Waals surface area (Å²) in [5.74, 6) is -0.0828. The van der Waals surface area contributed by atoms with Crippen LogP contribution in [0.5, 0.6) is 0 Å². The normalized spacial score (nSPS) is 12.7. The predicted octanol–water partition coefficient (Wildman–Crippen LogP) is 5.01. The van der Waals surface area contributed by atoms with E-state index < -0.39 is 11.6 Å². The van der Waals surface area contributed by atoms with Gasteiger partial charge in [0.25, 0.3) is 0 Å². The molecule has 2 aromatic rings. The number of alkyl halides is 1. The van der Waals surface area contributed by atoms with Crippen molar-refractivity contribution < 1.29 is 13.2 Å². The van der Waals surface area contributed by atoms with Crippen LogP contribution in [-0.2, 0) is 6.42 Å². The highest BCUT2D eigenvalue weighted by atomic mass is 35.5. The Hall–Kier alpha value is -1.35. The Kier molecular flexibility index (Phi) is 3.95. The highest BCUT2D eigenvalue weighted by molar-refractivity contribution is 6.21. The first-order valence-corrected chi connectivity index (χ1v) is 6.48. The maximum Gasteiger partial charge on any atom is 0.159 e. The molecule has 0 saturated carbocycles. The van der Waals surface area contributed by atoms with Crippen LogP contribution < -0.4 is 0 Å². The number of hydrogen-bond acceptors (Lipinski definition) is 1. The summed E-state index contributed by atoms with van der Waals surface area (Å²) in [5.41, 5.74) is 2.61. The molecule has 0 bridgehead atoms. The van der Waals surface area contributed by atoms with Gasteiger partial charge in [-0.3, -0.25) is 0 Å². The lowest BCUT2D eigenvalue weighted by atomic mass is 10.0. The number of hydrogen-bond donors (Lipinski definition) is 0. The third-order valence-corrected chi connectivity index (χ3v) is 3.70. The molecule has 0 amide bonds. The molecule has 1 nitrogen and oxygen atoms in total. The molecule has 0 aliphatic rings. The second-order valence-electron chi connectivity index (χ2n) is 4.67. The lowest BCUT2D eigenvalue weighted by Gasteiger charge is -2.10. The Labute approximate surface area is 116 Å². The van der Waals surface area contributed by atoms with Crippen LogP contribution in [0.3, 0.4) is 0 Å². The van der Waals surface area contributed by atoms with E-state index in [4.69, 9.17) is 16.0 Å². The van der Waals surface area contributed by atoms with Crippen molar-refractivity contribution in [2.75, 3.05) is 0 Å². The van der Waals surface area contributed by atoms with Crippen molar-refractivity contribution in [1.82, 2.24) is 0 Å². The van der Waals surface area contributed by atoms with Gasteiger partial charge < -0.3 is 4.42 Å². The minimum Gasteiger partial charge on any atom is -0.466 e. The molecule has 1 atom stereocenters. The van der Waals surface area contributed by atoms with Crippen LogP contribution in [0.4, 0.5) is 8.78 Å². The van der Waals surface area contributed by atoms with E-state index in [1.54, 1.807) is 6.07 Å². The predicted molar refractivity (Wildman–Crippen MR) is 71.6 cm³/mol. The van der Waals surface area contributed by atoms with Gasteiger partial charge in [-0.2, -0.15) is 0 Å². The summed E-state index contributed by atoms with van der Waals surface area (Å²) in [4.78, 5) is 0. The van der Waals surface area contributed by atoms with Crippen molar-refractivity contribution in [1.29, 1.82) is 0 Å². The molecular weight excluding hydrogens is 270 g/mol. The molecule has 1 aromatic heterocycles. The van der Waals surface area contributed by atoms with Gasteiger partial charge in [-0.1, -0.05) is 6.07 Å². The molecule has 1 aromatic carbocycles. The van der Waals surface area contributed by atoms with Gasteiger partial charge in [0.05, 0.1) is 5.38 Å². The number of rotatable bonds is 3. The van der Waals surface area contributed by atoms with E-state index in [-0.39, 0.29) is 5.38 Å². The van der Waals surface area contributed by atoms with Crippen LogP contribution in [0.15, 0.2) is 22.6 Å². The van der Waals surface area contributed by atoms with E-state index in [0.29, 0.717) is 12.0 Å². The van der Waals surface area contributed by atoms with Gasteiger partial charge in [0, 0.05) is 5.56 Å². The van der Waals surface area contributed by atoms with Crippen molar-refractivity contribution in [3.05, 3.63) is 58.0 Å². The Morgan fingerprint density at radius 2 is 1.79 bits per heavy atom. The average Bonchev–Trinajstić information content (AvgIpc) is 2.58. The molecule has 0 aliphatic heterocycles. The van der Waals surface area contributed by atoms with Crippen LogP contribution in [0.2, 0.25) is 0 Å². The first-order chi connectivity index (χ1) is 8.90. The fraction of sp³-hybridized carbons (Fsp3) is 0.333. The summed E-state index contributed by atoms with van der Waals surface area (Å²) in [6, 6.07) is 3.85. The summed E-state index contributed by atoms with van der Waals surface area (Å²) < 4.78 is 31.6. The highest BCUT2D eigenvalue weighted by Crippen LogP contribution is 2.33. The standard InChI is InChI=1S/C15H15ClF2O/c1-8-9(2)19-10(3)15(8)12(16)6-11-4-5-13(17)14(18)7-11/h4-5,7,12H,6H2,1-3H3. The fourth-order valence-electron chi connectivity index (χ4n) is 2.25. The van der Waals surface area contributed by atoms with Gasteiger partial charge >= 0.3 is 0 Å². The van der Waals surface area contributed by atoms with E-state index in [9.17, 15) is 8.78 Å². The lowest BCUT2D eigenvalue weighted by molar-refractivity contribution is 0.498. The number of aryl methyl sites for hydroxylation is 2. The van der Waals surface area contributed by atoms with Crippen molar-refractivity contribution >= 4 is 11.6 Å². The topological polar surface area (TPSA) is 13.1 Å². The Morgan fingerprint density at radius 1 is 1.11 bits per heavy atom. The zero-order valence-corrected chi connectivity index (χ0v) is 11.8. The molecule has 0 N–H and O–H groups in total. The largest absolute Gasteiger partial charge is 0.466 e. The molecule has 0 saturated heterocycles. The molecule has 1 heterocycles. The van der Waals surface area contributed by atoms with E-state index in [2.05, 4.69) is 0 Å². The highest BCUT2D eigenvalue weighted by Gasteiger charge is 2.19. The number of furan rings is 1. The molecule has 2 rings (SSSR count). The maximum absolute atomic E-state index is 13.2. The second kappa shape index (κ2) is 5.33. The van der Waals surface area contributed by atoms with Crippen LogP contribution >= 0.6 is 11.6 Å². The van der Waals surface area contributed by atoms with E-state index in [1.165, 1.54) is 6.07 Å². The number of halogens is 3. The van der Waals surface area contributed by atoms with Crippen LogP contribution in [-0.4, -0.2) is 0 Å². The van der Waals surface area contributed by atoms with E-state index in [1.807, 2.05) is 20.8 Å². The summed E-state index contributed by atoms with van der Waals surface area (Å²) in [5, 5.41) is -0.317. The summed E-state index contributed by atoms with van der Waals surface area (Å²) in [6.45, 7) is 5.69. The first kappa shape index (κ1) is 14.1. The zero-order valence-electron chi connectivity index (χ0n) is 11.1. The Morgan fingerprint density at radius 3 is 2.32 bits per heavy atom. The Balaban J connectivity index is 2.25. The zero-order chi connectivity index (χ0) is 14.2. The third kappa shape index (κ3) is 2.81. The molecule has 4 heteroatoms. The number of benzene rings is 1.